The molecule has 2 aromatic carbocycles. The molecular weight excluding hydrogens is 372 g/mol. The molecule has 4 rings (SSSR count). The van der Waals surface area contributed by atoms with Crippen LogP contribution in [0.3, 0.4) is 0 Å². The molecule has 0 saturated heterocycles. The van der Waals surface area contributed by atoms with Crippen LogP contribution in [-0.4, -0.2) is 24.4 Å². The number of anilines is 2. The van der Waals surface area contributed by atoms with E-state index in [-0.39, 0.29) is 11.2 Å². The highest BCUT2D eigenvalue weighted by molar-refractivity contribution is 7.85. The number of hydrogen-bond donors (Lipinski definition) is 0. The minimum atomic E-state index is -4.37. The molecule has 0 aromatic heterocycles. The van der Waals surface area contributed by atoms with Crippen LogP contribution in [0.2, 0.25) is 0 Å². The molecule has 2 bridgehead atoms. The zero-order chi connectivity index (χ0) is 20.0. The van der Waals surface area contributed by atoms with Crippen molar-refractivity contribution in [2.24, 2.45) is 21.8 Å². The second kappa shape index (κ2) is 6.71. The second-order valence-electron chi connectivity index (χ2n) is 8.48. The van der Waals surface area contributed by atoms with Gasteiger partial charge in [0.1, 0.15) is 0 Å². The average Bonchev–Trinajstić information content (AvgIpc) is 3.01. The second-order valence-corrected chi connectivity index (χ2v) is 9.88. The summed E-state index contributed by atoms with van der Waals surface area (Å²) in [5.74, 6) is -0.0267. The van der Waals surface area contributed by atoms with E-state index in [1.807, 2.05) is 65.7 Å². The fourth-order valence-electron chi connectivity index (χ4n) is 5.10. The van der Waals surface area contributed by atoms with Crippen molar-refractivity contribution < 1.29 is 13.0 Å². The summed E-state index contributed by atoms with van der Waals surface area (Å²) in [4.78, 5) is 0. The molecule has 2 fully saturated rings. The zero-order valence-corrected chi connectivity index (χ0v) is 17.0. The van der Waals surface area contributed by atoms with Crippen molar-refractivity contribution in [2.75, 3.05) is 10.8 Å². The monoisotopic (exact) mass is 397 g/mol. The van der Waals surface area contributed by atoms with Crippen LogP contribution < -0.4 is 5.01 Å². The van der Waals surface area contributed by atoms with Crippen LogP contribution in [0.4, 0.5) is 11.4 Å². The van der Waals surface area contributed by atoms with Crippen LogP contribution >= 0.6 is 0 Å². The summed E-state index contributed by atoms with van der Waals surface area (Å²) in [5.41, 5.74) is 1.69. The fourth-order valence-corrected chi connectivity index (χ4v) is 6.39. The minimum absolute atomic E-state index is 0.262. The molecule has 2 atom stereocenters. The molecule has 2 aliphatic carbocycles. The lowest BCUT2D eigenvalue weighted by atomic mass is 9.70. The quantitative estimate of drug-likeness (QED) is 0.548. The number of hydrogen-bond acceptors (Lipinski definition) is 5. The van der Waals surface area contributed by atoms with Crippen molar-refractivity contribution in [3.8, 4) is 0 Å². The normalized spacial score (nSPS) is 27.2. The van der Waals surface area contributed by atoms with E-state index >= 15 is 0 Å². The number of fused-ring (bicyclic) bond motifs is 2. The molecule has 5 nitrogen and oxygen atoms in total. The van der Waals surface area contributed by atoms with Gasteiger partial charge in [0.25, 0.3) is 0 Å². The number of hydrazone groups is 1. The van der Waals surface area contributed by atoms with E-state index in [9.17, 15) is 13.0 Å². The van der Waals surface area contributed by atoms with Gasteiger partial charge in [0, 0.05) is 16.9 Å². The highest BCUT2D eigenvalue weighted by Gasteiger charge is 2.63. The molecular formula is C22H25N2O3S-. The molecule has 28 heavy (non-hydrogen) atoms. The van der Waals surface area contributed by atoms with E-state index < -0.39 is 15.5 Å². The Kier molecular flexibility index (Phi) is 4.59. The topological polar surface area (TPSA) is 72.8 Å². The van der Waals surface area contributed by atoms with E-state index in [1.54, 1.807) is 0 Å². The SMILES string of the molecule is CC1(C)[C@H]2CC[C@@]1(CS(=O)(=O)[O-])/C(=N\N(c1ccccc1)c1ccccc1)C2. The molecule has 0 heterocycles. The average molecular weight is 398 g/mol. The lowest BCUT2D eigenvalue weighted by molar-refractivity contribution is 0.193. The van der Waals surface area contributed by atoms with Gasteiger partial charge in [-0.3, -0.25) is 0 Å². The number of rotatable bonds is 5. The third-order valence-electron chi connectivity index (χ3n) is 6.81. The third-order valence-corrected chi connectivity index (χ3v) is 7.66. The number of benzene rings is 2. The standard InChI is InChI=1S/C22H26N2O3S/c1-21(2)17-13-14-22(21,16-28(25,26)27)20(15-17)23-24(18-9-5-3-6-10-18)19-11-7-4-8-12-19/h3-12,17H,13-16H2,1-2H3,(H,25,26,27)/p-1/b23-20-/t17-,22+/m0/s1. The van der Waals surface area contributed by atoms with Gasteiger partial charge >= 0.3 is 0 Å². The largest absolute Gasteiger partial charge is 0.748 e. The van der Waals surface area contributed by atoms with Crippen molar-refractivity contribution >= 4 is 27.2 Å². The van der Waals surface area contributed by atoms with Gasteiger partial charge in [-0.05, 0) is 54.9 Å². The van der Waals surface area contributed by atoms with Gasteiger partial charge in [-0.1, -0.05) is 50.2 Å². The molecule has 0 amide bonds. The Morgan fingerprint density at radius 3 is 2.04 bits per heavy atom. The van der Waals surface area contributed by atoms with Gasteiger partial charge in [0.15, 0.2) is 0 Å². The molecule has 2 saturated carbocycles. The van der Waals surface area contributed by atoms with Crippen LogP contribution in [0.15, 0.2) is 65.8 Å². The molecule has 0 N–H and O–H groups in total. The minimum Gasteiger partial charge on any atom is -0.748 e. The molecule has 0 aliphatic heterocycles. The fraction of sp³-hybridized carbons (Fsp3) is 0.409. The Hall–Kier alpha value is -2.18. The van der Waals surface area contributed by atoms with Gasteiger partial charge in [-0.2, -0.15) is 5.10 Å². The van der Waals surface area contributed by atoms with Gasteiger partial charge in [-0.25, -0.2) is 13.4 Å². The first kappa shape index (κ1) is 19.2. The van der Waals surface area contributed by atoms with Crippen LogP contribution in [0.25, 0.3) is 0 Å². The lowest BCUT2D eigenvalue weighted by Gasteiger charge is -2.39. The van der Waals surface area contributed by atoms with Crippen molar-refractivity contribution in [1.82, 2.24) is 0 Å². The van der Waals surface area contributed by atoms with Crippen LogP contribution in [0.1, 0.15) is 33.1 Å². The number of nitrogens with zero attached hydrogens (tertiary/aromatic N) is 2. The Bertz CT molecular complexity index is 947. The van der Waals surface area contributed by atoms with Gasteiger partial charge in [-0.15, -0.1) is 0 Å². The molecule has 2 aliphatic rings. The summed E-state index contributed by atoms with van der Waals surface area (Å²) in [7, 11) is -4.37. The van der Waals surface area contributed by atoms with Crippen molar-refractivity contribution in [3.05, 3.63) is 60.7 Å². The maximum absolute atomic E-state index is 11.8. The summed E-state index contributed by atoms with van der Waals surface area (Å²) in [6, 6.07) is 19.6. The first-order chi connectivity index (χ1) is 13.2. The maximum Gasteiger partial charge on any atom is 0.0955 e. The van der Waals surface area contributed by atoms with E-state index in [2.05, 4.69) is 13.8 Å². The van der Waals surface area contributed by atoms with Crippen molar-refractivity contribution in [2.45, 2.75) is 33.1 Å². The Balaban J connectivity index is 1.84. The van der Waals surface area contributed by atoms with E-state index in [4.69, 9.17) is 5.10 Å². The molecule has 148 valence electrons. The first-order valence-electron chi connectivity index (χ1n) is 9.65. The van der Waals surface area contributed by atoms with Crippen LogP contribution in [0, 0.1) is 16.7 Å². The molecule has 2 aromatic rings. The summed E-state index contributed by atoms with van der Waals surface area (Å²) in [5, 5.41) is 6.86. The van der Waals surface area contributed by atoms with Gasteiger partial charge < -0.3 is 4.55 Å². The lowest BCUT2D eigenvalue weighted by Crippen LogP contribution is -2.42. The Morgan fingerprint density at radius 2 is 1.57 bits per heavy atom. The molecule has 0 unspecified atom stereocenters. The van der Waals surface area contributed by atoms with E-state index in [1.165, 1.54) is 0 Å². The van der Waals surface area contributed by atoms with Gasteiger partial charge in [0.05, 0.1) is 21.5 Å². The Labute approximate surface area is 166 Å². The predicted molar refractivity (Wildman–Crippen MR) is 111 cm³/mol. The van der Waals surface area contributed by atoms with Crippen LogP contribution in [0.5, 0.6) is 0 Å². The smallest absolute Gasteiger partial charge is 0.0955 e. The summed E-state index contributed by atoms with van der Waals surface area (Å²) >= 11 is 0. The van der Waals surface area contributed by atoms with E-state index in [0.29, 0.717) is 12.3 Å². The van der Waals surface area contributed by atoms with Gasteiger partial charge in [0.2, 0.25) is 0 Å². The summed E-state index contributed by atoms with van der Waals surface area (Å²) in [6.45, 7) is 4.18. The predicted octanol–water partition coefficient (Wildman–Crippen LogP) is 4.55. The highest BCUT2D eigenvalue weighted by atomic mass is 32.2. The Morgan fingerprint density at radius 1 is 1.04 bits per heavy atom. The zero-order valence-electron chi connectivity index (χ0n) is 16.2. The molecule has 6 heteroatoms. The van der Waals surface area contributed by atoms with Crippen molar-refractivity contribution in [1.29, 1.82) is 0 Å². The van der Waals surface area contributed by atoms with Crippen molar-refractivity contribution in [3.63, 3.8) is 0 Å². The summed E-state index contributed by atoms with van der Waals surface area (Å²) < 4.78 is 35.4. The third kappa shape index (κ3) is 3.14. The maximum atomic E-state index is 11.8. The number of para-hydroxylation sites is 2. The highest BCUT2D eigenvalue weighted by Crippen LogP contribution is 2.64. The summed E-state index contributed by atoms with van der Waals surface area (Å²) in [6.07, 6.45) is 2.37. The molecule has 0 radical (unpaired) electrons. The van der Waals surface area contributed by atoms with E-state index in [0.717, 1.165) is 29.9 Å². The first-order valence-corrected chi connectivity index (χ1v) is 11.2. The molecule has 0 spiro atoms. The van der Waals surface area contributed by atoms with Crippen LogP contribution in [-0.2, 0) is 10.1 Å².